The topological polar surface area (TPSA) is 30.5 Å². The first-order chi connectivity index (χ1) is 9.40. The Kier molecular flexibility index (Phi) is 2.37. The molecule has 2 aliphatic heterocycles. The van der Waals surface area contributed by atoms with Crippen LogP contribution in [0.5, 0.6) is 11.5 Å². The summed E-state index contributed by atoms with van der Waals surface area (Å²) < 4.78 is 10.8. The van der Waals surface area contributed by atoms with Gasteiger partial charge in [0.05, 0.1) is 6.04 Å². The second-order valence-electron chi connectivity index (χ2n) is 5.01. The molecule has 0 bridgehead atoms. The molecule has 2 heterocycles. The van der Waals surface area contributed by atoms with Gasteiger partial charge in [0.15, 0.2) is 11.5 Å². The van der Waals surface area contributed by atoms with E-state index in [-0.39, 0.29) is 0 Å². The predicted octanol–water partition coefficient (Wildman–Crippen LogP) is 3.51. The molecule has 19 heavy (non-hydrogen) atoms. The van der Waals surface area contributed by atoms with Crippen molar-refractivity contribution >= 4 is 5.69 Å². The van der Waals surface area contributed by atoms with Crippen LogP contribution >= 0.6 is 0 Å². The van der Waals surface area contributed by atoms with Gasteiger partial charge in [-0.3, -0.25) is 0 Å². The molecule has 4 rings (SSSR count). The molecule has 0 amide bonds. The molecule has 2 aromatic rings. The highest BCUT2D eigenvalue weighted by Gasteiger charge is 2.21. The van der Waals surface area contributed by atoms with Gasteiger partial charge in [-0.1, -0.05) is 24.3 Å². The van der Waals surface area contributed by atoms with Gasteiger partial charge in [0.1, 0.15) is 0 Å². The molecule has 0 radical (unpaired) electrons. The van der Waals surface area contributed by atoms with E-state index in [1.165, 1.54) is 16.8 Å². The van der Waals surface area contributed by atoms with E-state index >= 15 is 0 Å². The first kappa shape index (κ1) is 10.7. The normalized spacial score (nSPS) is 19.7. The predicted molar refractivity (Wildman–Crippen MR) is 73.7 cm³/mol. The molecule has 1 atom stereocenters. The molecule has 3 heteroatoms. The lowest BCUT2D eigenvalue weighted by molar-refractivity contribution is 0.174. The Morgan fingerprint density at radius 2 is 1.89 bits per heavy atom. The van der Waals surface area contributed by atoms with Crippen LogP contribution in [0.4, 0.5) is 5.69 Å². The largest absolute Gasteiger partial charge is 0.454 e. The Morgan fingerprint density at radius 3 is 2.89 bits per heavy atom. The molecule has 1 N–H and O–H groups in total. The van der Waals surface area contributed by atoms with Gasteiger partial charge in [0, 0.05) is 5.69 Å². The summed E-state index contributed by atoms with van der Waals surface area (Å²) in [5.41, 5.74) is 3.91. The van der Waals surface area contributed by atoms with Crippen LogP contribution in [0.1, 0.15) is 23.6 Å². The van der Waals surface area contributed by atoms with Crippen LogP contribution in [0, 0.1) is 0 Å². The van der Waals surface area contributed by atoms with Crippen LogP contribution in [0.3, 0.4) is 0 Å². The third-order valence-electron chi connectivity index (χ3n) is 3.85. The number of aryl methyl sites for hydroxylation is 1. The van der Waals surface area contributed by atoms with Gasteiger partial charge < -0.3 is 14.8 Å². The summed E-state index contributed by atoms with van der Waals surface area (Å²) in [7, 11) is 0. The van der Waals surface area contributed by atoms with E-state index in [4.69, 9.17) is 9.47 Å². The molecule has 0 saturated heterocycles. The standard InChI is InChI=1S/C16H15NO2/c1-2-4-13-11(3-1)5-7-14(17-13)12-6-8-15-16(9-12)19-10-18-15/h1-4,6,8-9,14,17H,5,7,10H2/t14-/m0/s1. The maximum atomic E-state index is 5.45. The van der Waals surface area contributed by atoms with Gasteiger partial charge in [-0.15, -0.1) is 0 Å². The number of ether oxygens (including phenoxy) is 2. The van der Waals surface area contributed by atoms with Crippen molar-refractivity contribution in [3.63, 3.8) is 0 Å². The van der Waals surface area contributed by atoms with Gasteiger partial charge >= 0.3 is 0 Å². The van der Waals surface area contributed by atoms with Crippen LogP contribution in [0.15, 0.2) is 42.5 Å². The number of hydrogen-bond donors (Lipinski definition) is 1. The lowest BCUT2D eigenvalue weighted by Gasteiger charge is -2.27. The van der Waals surface area contributed by atoms with Crippen molar-refractivity contribution in [1.82, 2.24) is 0 Å². The number of benzene rings is 2. The molecule has 0 saturated carbocycles. The monoisotopic (exact) mass is 253 g/mol. The molecule has 0 aromatic heterocycles. The summed E-state index contributed by atoms with van der Waals surface area (Å²) in [5, 5.41) is 3.61. The lowest BCUT2D eigenvalue weighted by Crippen LogP contribution is -2.17. The summed E-state index contributed by atoms with van der Waals surface area (Å²) in [6, 6.07) is 15.1. The Bertz CT molecular complexity index is 624. The molecule has 96 valence electrons. The van der Waals surface area contributed by atoms with E-state index < -0.39 is 0 Å². The lowest BCUT2D eigenvalue weighted by atomic mass is 9.93. The maximum Gasteiger partial charge on any atom is 0.231 e. The summed E-state index contributed by atoms with van der Waals surface area (Å²) in [4.78, 5) is 0. The zero-order valence-electron chi connectivity index (χ0n) is 10.6. The quantitative estimate of drug-likeness (QED) is 0.843. The molecule has 2 aliphatic rings. The summed E-state index contributed by atoms with van der Waals surface area (Å²) in [5.74, 6) is 1.71. The first-order valence-electron chi connectivity index (χ1n) is 6.64. The van der Waals surface area contributed by atoms with Crippen molar-refractivity contribution in [3.8, 4) is 11.5 Å². The smallest absolute Gasteiger partial charge is 0.231 e. The van der Waals surface area contributed by atoms with E-state index in [9.17, 15) is 0 Å². The highest BCUT2D eigenvalue weighted by atomic mass is 16.7. The molecule has 0 fully saturated rings. The molecule has 0 unspecified atom stereocenters. The summed E-state index contributed by atoms with van der Waals surface area (Å²) in [6.07, 6.45) is 2.22. The second kappa shape index (κ2) is 4.19. The van der Waals surface area contributed by atoms with Crippen LogP contribution in [0.2, 0.25) is 0 Å². The fraction of sp³-hybridized carbons (Fsp3) is 0.250. The van der Waals surface area contributed by atoms with Gasteiger partial charge in [-0.2, -0.15) is 0 Å². The zero-order chi connectivity index (χ0) is 12.7. The number of fused-ring (bicyclic) bond motifs is 2. The van der Waals surface area contributed by atoms with Crippen molar-refractivity contribution in [2.24, 2.45) is 0 Å². The van der Waals surface area contributed by atoms with Gasteiger partial charge in [0.2, 0.25) is 6.79 Å². The van der Waals surface area contributed by atoms with Gasteiger partial charge in [0.25, 0.3) is 0 Å². The molecule has 0 spiro atoms. The van der Waals surface area contributed by atoms with Crippen molar-refractivity contribution in [3.05, 3.63) is 53.6 Å². The van der Waals surface area contributed by atoms with E-state index in [0.717, 1.165) is 24.3 Å². The molecular weight excluding hydrogens is 238 g/mol. The van der Waals surface area contributed by atoms with Gasteiger partial charge in [-0.05, 0) is 42.2 Å². The van der Waals surface area contributed by atoms with E-state index in [0.29, 0.717) is 12.8 Å². The van der Waals surface area contributed by atoms with Crippen LogP contribution in [0.25, 0.3) is 0 Å². The highest BCUT2D eigenvalue weighted by Crippen LogP contribution is 2.38. The molecule has 2 aromatic carbocycles. The summed E-state index contributed by atoms with van der Waals surface area (Å²) in [6.45, 7) is 0.333. The fourth-order valence-corrected chi connectivity index (χ4v) is 2.82. The first-order valence-corrected chi connectivity index (χ1v) is 6.64. The van der Waals surface area contributed by atoms with E-state index in [1.54, 1.807) is 0 Å². The third kappa shape index (κ3) is 1.82. The number of hydrogen-bond acceptors (Lipinski definition) is 3. The Labute approximate surface area is 112 Å². The van der Waals surface area contributed by atoms with Crippen LogP contribution < -0.4 is 14.8 Å². The Hall–Kier alpha value is -2.16. The maximum absolute atomic E-state index is 5.45. The van der Waals surface area contributed by atoms with Crippen molar-refractivity contribution in [2.75, 3.05) is 12.1 Å². The number of rotatable bonds is 1. The van der Waals surface area contributed by atoms with E-state index in [2.05, 4.69) is 41.7 Å². The minimum Gasteiger partial charge on any atom is -0.454 e. The number of anilines is 1. The third-order valence-corrected chi connectivity index (χ3v) is 3.85. The average Bonchev–Trinajstić information content (AvgIpc) is 2.94. The second-order valence-corrected chi connectivity index (χ2v) is 5.01. The number of para-hydroxylation sites is 1. The zero-order valence-corrected chi connectivity index (χ0v) is 10.6. The fourth-order valence-electron chi connectivity index (χ4n) is 2.82. The van der Waals surface area contributed by atoms with E-state index in [1.807, 2.05) is 6.07 Å². The highest BCUT2D eigenvalue weighted by molar-refractivity contribution is 5.56. The Balaban J connectivity index is 1.64. The van der Waals surface area contributed by atoms with Gasteiger partial charge in [-0.25, -0.2) is 0 Å². The SMILES string of the molecule is c1ccc2c(c1)CC[C@@H](c1ccc3c(c1)OCO3)N2. The number of nitrogens with one attached hydrogen (secondary N) is 1. The molecule has 3 nitrogen and oxygen atoms in total. The minimum atomic E-state index is 0.333. The van der Waals surface area contributed by atoms with Crippen molar-refractivity contribution in [1.29, 1.82) is 0 Å². The minimum absolute atomic E-state index is 0.333. The van der Waals surface area contributed by atoms with Crippen LogP contribution in [-0.2, 0) is 6.42 Å². The summed E-state index contributed by atoms with van der Waals surface area (Å²) >= 11 is 0. The average molecular weight is 253 g/mol. The van der Waals surface area contributed by atoms with Crippen molar-refractivity contribution < 1.29 is 9.47 Å². The Morgan fingerprint density at radius 1 is 1.00 bits per heavy atom. The molecule has 0 aliphatic carbocycles. The van der Waals surface area contributed by atoms with Crippen molar-refractivity contribution in [2.45, 2.75) is 18.9 Å². The molecular formula is C16H15NO2. The van der Waals surface area contributed by atoms with Crippen LogP contribution in [-0.4, -0.2) is 6.79 Å².